The van der Waals surface area contributed by atoms with Gasteiger partial charge in [0.05, 0.1) is 18.0 Å². The predicted octanol–water partition coefficient (Wildman–Crippen LogP) is 2.83. The van der Waals surface area contributed by atoms with E-state index in [0.29, 0.717) is 5.75 Å². The molecule has 5 nitrogen and oxygen atoms in total. The largest absolute Gasteiger partial charge is 0.479 e. The maximum absolute atomic E-state index is 9.57. The van der Waals surface area contributed by atoms with Crippen LogP contribution < -0.4 is 4.74 Å². The van der Waals surface area contributed by atoms with Crippen LogP contribution in [0.25, 0.3) is 5.65 Å². The van der Waals surface area contributed by atoms with Crippen molar-refractivity contribution < 1.29 is 14.6 Å². The topological polar surface area (TPSA) is 56.0 Å². The number of aromatic nitrogens is 2. The number of pyridine rings is 1. The fraction of sp³-hybridized carbons (Fsp3) is 0.316. The van der Waals surface area contributed by atoms with E-state index in [2.05, 4.69) is 17.1 Å². The molecule has 1 aromatic carbocycles. The number of hydrogen-bond acceptors (Lipinski definition) is 4. The SMILES string of the molecule is COC1Cc2ccccc2C1Oc1cccn2c(CO)c(C)nc12. The van der Waals surface area contributed by atoms with Crippen molar-refractivity contribution in [3.05, 3.63) is 65.1 Å². The van der Waals surface area contributed by atoms with E-state index in [0.717, 1.165) is 29.0 Å². The van der Waals surface area contributed by atoms with Crippen molar-refractivity contribution in [1.82, 2.24) is 9.38 Å². The fourth-order valence-electron chi connectivity index (χ4n) is 3.49. The molecule has 24 heavy (non-hydrogen) atoms. The van der Waals surface area contributed by atoms with Crippen LogP contribution in [-0.2, 0) is 17.8 Å². The Morgan fingerprint density at radius 3 is 2.88 bits per heavy atom. The number of ether oxygens (including phenoxy) is 2. The number of fused-ring (bicyclic) bond motifs is 2. The number of aliphatic hydroxyl groups excluding tert-OH is 1. The molecule has 124 valence electrons. The Hall–Kier alpha value is -2.37. The summed E-state index contributed by atoms with van der Waals surface area (Å²) in [7, 11) is 1.72. The van der Waals surface area contributed by atoms with E-state index < -0.39 is 0 Å². The molecule has 1 N–H and O–H groups in total. The molecule has 4 rings (SSSR count). The first-order valence-electron chi connectivity index (χ1n) is 8.07. The summed E-state index contributed by atoms with van der Waals surface area (Å²) in [6.07, 6.45) is 2.56. The molecule has 2 aromatic heterocycles. The normalized spacial score (nSPS) is 19.6. The minimum atomic E-state index is -0.160. The van der Waals surface area contributed by atoms with Gasteiger partial charge in [-0.1, -0.05) is 24.3 Å². The third kappa shape index (κ3) is 2.28. The maximum atomic E-state index is 9.57. The Kier molecular flexibility index (Phi) is 3.75. The first kappa shape index (κ1) is 15.2. The van der Waals surface area contributed by atoms with Gasteiger partial charge in [-0.05, 0) is 30.2 Å². The molecule has 1 aliphatic rings. The molecule has 2 atom stereocenters. The smallest absolute Gasteiger partial charge is 0.180 e. The number of imidazole rings is 1. The van der Waals surface area contributed by atoms with Gasteiger partial charge in [-0.15, -0.1) is 0 Å². The van der Waals surface area contributed by atoms with Crippen LogP contribution in [-0.4, -0.2) is 27.7 Å². The third-order valence-corrected chi connectivity index (χ3v) is 4.74. The van der Waals surface area contributed by atoms with Crippen LogP contribution in [0.3, 0.4) is 0 Å². The molecule has 0 fully saturated rings. The second-order valence-corrected chi connectivity index (χ2v) is 6.08. The summed E-state index contributed by atoms with van der Waals surface area (Å²) in [6.45, 7) is 1.84. The van der Waals surface area contributed by atoms with Crippen molar-refractivity contribution in [2.75, 3.05) is 7.11 Å². The first-order valence-corrected chi connectivity index (χ1v) is 8.07. The number of aryl methyl sites for hydroxylation is 1. The fourth-order valence-corrected chi connectivity index (χ4v) is 3.49. The third-order valence-electron chi connectivity index (χ3n) is 4.74. The molecule has 5 heteroatoms. The molecule has 1 aliphatic carbocycles. The Balaban J connectivity index is 1.77. The van der Waals surface area contributed by atoms with E-state index in [-0.39, 0.29) is 18.8 Å². The second kappa shape index (κ2) is 5.92. The summed E-state index contributed by atoms with van der Waals surface area (Å²) in [6, 6.07) is 12.1. The number of hydrogen-bond donors (Lipinski definition) is 1. The minimum absolute atomic E-state index is 0.0176. The van der Waals surface area contributed by atoms with Gasteiger partial charge < -0.3 is 14.6 Å². The lowest BCUT2D eigenvalue weighted by molar-refractivity contribution is 0.0136. The highest BCUT2D eigenvalue weighted by Crippen LogP contribution is 2.37. The van der Waals surface area contributed by atoms with Crippen LogP contribution in [0.4, 0.5) is 0 Å². The van der Waals surface area contributed by atoms with E-state index in [1.807, 2.05) is 41.8 Å². The zero-order chi connectivity index (χ0) is 16.7. The Labute approximate surface area is 140 Å². The van der Waals surface area contributed by atoms with E-state index in [4.69, 9.17) is 9.47 Å². The van der Waals surface area contributed by atoms with Crippen molar-refractivity contribution in [2.45, 2.75) is 32.2 Å². The van der Waals surface area contributed by atoms with Crippen LogP contribution >= 0.6 is 0 Å². The lowest BCUT2D eigenvalue weighted by atomic mass is 10.1. The van der Waals surface area contributed by atoms with Crippen molar-refractivity contribution in [3.63, 3.8) is 0 Å². The molecule has 0 amide bonds. The van der Waals surface area contributed by atoms with Gasteiger partial charge in [0, 0.05) is 19.7 Å². The van der Waals surface area contributed by atoms with Gasteiger partial charge in [0.2, 0.25) is 0 Å². The second-order valence-electron chi connectivity index (χ2n) is 6.08. The van der Waals surface area contributed by atoms with E-state index in [9.17, 15) is 5.11 Å². The molecule has 0 bridgehead atoms. The van der Waals surface area contributed by atoms with Gasteiger partial charge >= 0.3 is 0 Å². The monoisotopic (exact) mass is 324 g/mol. The van der Waals surface area contributed by atoms with Crippen molar-refractivity contribution >= 4 is 5.65 Å². The summed E-state index contributed by atoms with van der Waals surface area (Å²) in [5, 5.41) is 9.57. The maximum Gasteiger partial charge on any atom is 0.180 e. The zero-order valence-electron chi connectivity index (χ0n) is 13.8. The van der Waals surface area contributed by atoms with Gasteiger partial charge in [-0.3, -0.25) is 4.40 Å². The lowest BCUT2D eigenvalue weighted by Crippen LogP contribution is -2.21. The average Bonchev–Trinajstić information content (AvgIpc) is 3.12. The summed E-state index contributed by atoms with van der Waals surface area (Å²) >= 11 is 0. The highest BCUT2D eigenvalue weighted by Gasteiger charge is 2.34. The van der Waals surface area contributed by atoms with Crippen molar-refractivity contribution in [2.24, 2.45) is 0 Å². The number of benzene rings is 1. The summed E-state index contributed by atoms with van der Waals surface area (Å²) < 4.78 is 13.9. The summed E-state index contributed by atoms with van der Waals surface area (Å²) in [4.78, 5) is 4.57. The van der Waals surface area contributed by atoms with Crippen LogP contribution in [0.2, 0.25) is 0 Å². The molecular weight excluding hydrogens is 304 g/mol. The van der Waals surface area contributed by atoms with E-state index in [1.54, 1.807) is 7.11 Å². The highest BCUT2D eigenvalue weighted by molar-refractivity contribution is 5.56. The van der Waals surface area contributed by atoms with Crippen LogP contribution in [0.15, 0.2) is 42.6 Å². The number of aliphatic hydroxyl groups is 1. The Bertz CT molecular complexity index is 887. The average molecular weight is 324 g/mol. The Morgan fingerprint density at radius 2 is 2.08 bits per heavy atom. The molecule has 0 saturated heterocycles. The standard InChI is InChI=1S/C19H20N2O3/c1-12-15(11-22)21-9-5-8-16(19(21)20-12)24-18-14-7-4-3-6-13(14)10-17(18)23-2/h3-9,17-18,22H,10-11H2,1-2H3. The molecule has 0 aliphatic heterocycles. The minimum Gasteiger partial charge on any atom is -0.479 e. The molecule has 0 saturated carbocycles. The number of nitrogens with zero attached hydrogens (tertiary/aromatic N) is 2. The molecule has 3 aromatic rings. The predicted molar refractivity (Wildman–Crippen MR) is 90.2 cm³/mol. The van der Waals surface area contributed by atoms with E-state index >= 15 is 0 Å². The zero-order valence-corrected chi connectivity index (χ0v) is 13.8. The van der Waals surface area contributed by atoms with Crippen LogP contribution in [0.5, 0.6) is 5.75 Å². The van der Waals surface area contributed by atoms with Crippen LogP contribution in [0.1, 0.15) is 28.6 Å². The van der Waals surface area contributed by atoms with Crippen molar-refractivity contribution in [1.29, 1.82) is 0 Å². The lowest BCUT2D eigenvalue weighted by Gasteiger charge is -2.21. The number of methoxy groups -OCH3 is 1. The van der Waals surface area contributed by atoms with Gasteiger partial charge in [-0.2, -0.15) is 0 Å². The molecule has 0 spiro atoms. The molecule has 0 radical (unpaired) electrons. The Morgan fingerprint density at radius 1 is 1.25 bits per heavy atom. The highest BCUT2D eigenvalue weighted by atomic mass is 16.5. The molecular formula is C19H20N2O3. The molecule has 2 heterocycles. The first-order chi connectivity index (χ1) is 11.7. The van der Waals surface area contributed by atoms with Crippen LogP contribution in [0, 0.1) is 6.92 Å². The van der Waals surface area contributed by atoms with Gasteiger partial charge in [0.1, 0.15) is 6.10 Å². The van der Waals surface area contributed by atoms with Crippen molar-refractivity contribution in [3.8, 4) is 5.75 Å². The summed E-state index contributed by atoms with van der Waals surface area (Å²) in [5.74, 6) is 0.698. The van der Waals surface area contributed by atoms with Gasteiger partial charge in [0.25, 0.3) is 0 Å². The van der Waals surface area contributed by atoms with Gasteiger partial charge in [-0.25, -0.2) is 4.98 Å². The molecule has 2 unspecified atom stereocenters. The van der Waals surface area contributed by atoms with E-state index in [1.165, 1.54) is 5.56 Å². The quantitative estimate of drug-likeness (QED) is 0.802. The number of rotatable bonds is 4. The van der Waals surface area contributed by atoms with Gasteiger partial charge in [0.15, 0.2) is 17.5 Å². The summed E-state index contributed by atoms with van der Waals surface area (Å²) in [5.41, 5.74) is 4.74.